The topological polar surface area (TPSA) is 57.4 Å². The first-order valence-electron chi connectivity index (χ1n) is 15.1. The average Bonchev–Trinajstić information content (AvgIpc) is 3.51. The maximum atomic E-state index is 9.71. The molecular formula is C40H34N4. The second-order valence-corrected chi connectivity index (χ2v) is 13.8. The Kier molecular flexibility index (Phi) is 6.00. The van der Waals surface area contributed by atoms with E-state index < -0.39 is 0 Å². The third-order valence-electron chi connectivity index (χ3n) is 8.87. The monoisotopic (exact) mass is 570 g/mol. The van der Waals surface area contributed by atoms with Gasteiger partial charge in [-0.05, 0) is 101 Å². The fourth-order valence-corrected chi connectivity index (χ4v) is 6.45. The molecule has 5 aromatic carbocycles. The van der Waals surface area contributed by atoms with Gasteiger partial charge in [0.1, 0.15) is 0 Å². The Morgan fingerprint density at radius 2 is 0.818 bits per heavy atom. The molecule has 0 aliphatic rings. The molecule has 4 heteroatoms. The Labute approximate surface area is 258 Å². The first kappa shape index (κ1) is 27.5. The summed E-state index contributed by atoms with van der Waals surface area (Å²) in [4.78, 5) is 0. The Balaban J connectivity index is 1.51. The van der Waals surface area contributed by atoms with Crippen LogP contribution in [0.3, 0.4) is 0 Å². The normalized spacial score (nSPS) is 12.3. The molecule has 0 bridgehead atoms. The number of nitriles is 2. The van der Waals surface area contributed by atoms with E-state index in [1.807, 2.05) is 24.3 Å². The predicted octanol–water partition coefficient (Wildman–Crippen LogP) is 10.2. The minimum absolute atomic E-state index is 0.00414. The Hall–Kier alpha value is -5.32. The highest BCUT2D eigenvalue weighted by molar-refractivity contribution is 6.11. The van der Waals surface area contributed by atoms with Crippen LogP contribution in [-0.4, -0.2) is 9.13 Å². The Morgan fingerprint density at radius 3 is 1.18 bits per heavy atom. The third-order valence-corrected chi connectivity index (χ3v) is 8.87. The summed E-state index contributed by atoms with van der Waals surface area (Å²) in [6.07, 6.45) is 0. The van der Waals surface area contributed by atoms with E-state index in [1.54, 1.807) is 0 Å². The van der Waals surface area contributed by atoms with E-state index >= 15 is 0 Å². The quantitative estimate of drug-likeness (QED) is 0.208. The number of nitrogens with zero attached hydrogens (tertiary/aromatic N) is 4. The molecule has 7 rings (SSSR count). The fraction of sp³-hybridized carbons (Fsp3) is 0.200. The zero-order valence-electron chi connectivity index (χ0n) is 26.0. The molecule has 0 saturated carbocycles. The molecule has 44 heavy (non-hydrogen) atoms. The number of benzene rings is 5. The van der Waals surface area contributed by atoms with Crippen LogP contribution >= 0.6 is 0 Å². The van der Waals surface area contributed by atoms with Crippen LogP contribution in [0.15, 0.2) is 97.1 Å². The zero-order chi connectivity index (χ0) is 31.0. The highest BCUT2D eigenvalue weighted by atomic mass is 15.0. The second-order valence-electron chi connectivity index (χ2n) is 13.8. The van der Waals surface area contributed by atoms with Gasteiger partial charge in [0.25, 0.3) is 0 Å². The fourth-order valence-electron chi connectivity index (χ4n) is 6.45. The van der Waals surface area contributed by atoms with Gasteiger partial charge < -0.3 is 9.13 Å². The van der Waals surface area contributed by atoms with Crippen molar-refractivity contribution in [1.82, 2.24) is 9.13 Å². The van der Waals surface area contributed by atoms with Crippen molar-refractivity contribution >= 4 is 43.6 Å². The van der Waals surface area contributed by atoms with Gasteiger partial charge in [0, 0.05) is 32.9 Å². The Morgan fingerprint density at radius 1 is 0.455 bits per heavy atom. The molecule has 214 valence electrons. The molecule has 0 atom stereocenters. The van der Waals surface area contributed by atoms with Crippen molar-refractivity contribution in [3.05, 3.63) is 119 Å². The molecule has 0 saturated heterocycles. The molecule has 0 N–H and O–H groups in total. The lowest BCUT2D eigenvalue weighted by Gasteiger charge is -2.19. The predicted molar refractivity (Wildman–Crippen MR) is 182 cm³/mol. The minimum atomic E-state index is 0.00414. The van der Waals surface area contributed by atoms with E-state index in [4.69, 9.17) is 0 Å². The summed E-state index contributed by atoms with van der Waals surface area (Å²) >= 11 is 0. The average molecular weight is 571 g/mol. The van der Waals surface area contributed by atoms with Crippen molar-refractivity contribution in [2.24, 2.45) is 0 Å². The molecule has 0 spiro atoms. The van der Waals surface area contributed by atoms with Gasteiger partial charge in [-0.1, -0.05) is 59.7 Å². The number of rotatable bonds is 2. The van der Waals surface area contributed by atoms with Crippen molar-refractivity contribution < 1.29 is 0 Å². The van der Waals surface area contributed by atoms with E-state index in [-0.39, 0.29) is 10.8 Å². The maximum absolute atomic E-state index is 9.71. The van der Waals surface area contributed by atoms with Crippen LogP contribution in [0.25, 0.3) is 55.0 Å². The number of hydrogen-bond acceptors (Lipinski definition) is 2. The molecule has 0 amide bonds. The standard InChI is InChI=1S/C40H34N4/c1-39(2,3)27-12-16-37-33(20-27)31-18-25(23-41)10-14-35(31)43(37)29-8-7-9-30(22-29)44-36-15-11-26(24-42)19-32(36)34-21-28(40(4,5)6)13-17-38(34)44/h7-22H,1-6H3. The van der Waals surface area contributed by atoms with Crippen LogP contribution in [0.5, 0.6) is 0 Å². The largest absolute Gasteiger partial charge is 0.309 e. The Bertz CT molecular complexity index is 2210. The smallest absolute Gasteiger partial charge is 0.0991 e. The van der Waals surface area contributed by atoms with E-state index in [9.17, 15) is 10.5 Å². The van der Waals surface area contributed by atoms with Crippen molar-refractivity contribution in [1.29, 1.82) is 10.5 Å². The summed E-state index contributed by atoms with van der Waals surface area (Å²) in [5.41, 5.74) is 10.3. The van der Waals surface area contributed by atoms with E-state index in [1.165, 1.54) is 11.1 Å². The SMILES string of the molecule is CC(C)(C)c1ccc2c(c1)c1cc(C#N)ccc1n2-c1cccc(-n2c3ccc(C#N)cc3c3cc(C(C)(C)C)ccc32)c1. The van der Waals surface area contributed by atoms with Crippen LogP contribution < -0.4 is 0 Å². The molecule has 0 fully saturated rings. The summed E-state index contributed by atoms with van der Waals surface area (Å²) in [5.74, 6) is 0. The molecule has 2 heterocycles. The van der Waals surface area contributed by atoms with Gasteiger partial charge in [0.15, 0.2) is 0 Å². The summed E-state index contributed by atoms with van der Waals surface area (Å²) in [5, 5.41) is 23.9. The van der Waals surface area contributed by atoms with Crippen LogP contribution in [-0.2, 0) is 10.8 Å². The van der Waals surface area contributed by atoms with Crippen molar-refractivity contribution in [3.63, 3.8) is 0 Å². The van der Waals surface area contributed by atoms with Gasteiger partial charge in [-0.3, -0.25) is 0 Å². The molecule has 4 nitrogen and oxygen atoms in total. The van der Waals surface area contributed by atoms with Crippen LogP contribution in [0.4, 0.5) is 0 Å². The highest BCUT2D eigenvalue weighted by Crippen LogP contribution is 2.38. The van der Waals surface area contributed by atoms with Crippen molar-refractivity contribution in [3.8, 4) is 23.5 Å². The molecule has 0 aliphatic carbocycles. The summed E-state index contributed by atoms with van der Waals surface area (Å²) in [6.45, 7) is 13.4. The molecule has 7 aromatic rings. The van der Waals surface area contributed by atoms with Crippen LogP contribution in [0.2, 0.25) is 0 Å². The third kappa shape index (κ3) is 4.26. The molecule has 0 aliphatic heterocycles. The number of aromatic nitrogens is 2. The van der Waals surface area contributed by atoms with Crippen molar-refractivity contribution in [2.45, 2.75) is 52.4 Å². The maximum Gasteiger partial charge on any atom is 0.0991 e. The van der Waals surface area contributed by atoms with E-state index in [0.717, 1.165) is 55.0 Å². The first-order chi connectivity index (χ1) is 21.0. The first-order valence-corrected chi connectivity index (χ1v) is 15.1. The van der Waals surface area contributed by atoms with Gasteiger partial charge in [0.2, 0.25) is 0 Å². The molecule has 2 aromatic heterocycles. The summed E-state index contributed by atoms with van der Waals surface area (Å²) in [7, 11) is 0. The van der Waals surface area contributed by atoms with Gasteiger partial charge in [-0.25, -0.2) is 0 Å². The van der Waals surface area contributed by atoms with E-state index in [2.05, 4.69) is 136 Å². The van der Waals surface area contributed by atoms with Gasteiger partial charge in [-0.2, -0.15) is 10.5 Å². The van der Waals surface area contributed by atoms with Gasteiger partial charge >= 0.3 is 0 Å². The molecule has 0 radical (unpaired) electrons. The van der Waals surface area contributed by atoms with Crippen LogP contribution in [0.1, 0.15) is 63.8 Å². The minimum Gasteiger partial charge on any atom is -0.309 e. The summed E-state index contributed by atoms with van der Waals surface area (Å²) in [6, 6.07) is 38.7. The lowest BCUT2D eigenvalue weighted by molar-refractivity contribution is 0.591. The van der Waals surface area contributed by atoms with Crippen molar-refractivity contribution in [2.75, 3.05) is 0 Å². The number of hydrogen-bond donors (Lipinski definition) is 0. The lowest BCUT2D eigenvalue weighted by Crippen LogP contribution is -2.10. The molecular weight excluding hydrogens is 536 g/mol. The number of fused-ring (bicyclic) bond motifs is 6. The summed E-state index contributed by atoms with van der Waals surface area (Å²) < 4.78 is 4.61. The zero-order valence-corrected chi connectivity index (χ0v) is 26.0. The highest BCUT2D eigenvalue weighted by Gasteiger charge is 2.21. The van der Waals surface area contributed by atoms with E-state index in [0.29, 0.717) is 11.1 Å². The van der Waals surface area contributed by atoms with Gasteiger partial charge in [0.05, 0.1) is 45.3 Å². The lowest BCUT2D eigenvalue weighted by atomic mass is 9.86. The molecule has 0 unspecified atom stereocenters. The second kappa shape index (κ2) is 9.60. The van der Waals surface area contributed by atoms with Crippen LogP contribution in [0, 0.1) is 22.7 Å². The van der Waals surface area contributed by atoms with Gasteiger partial charge in [-0.15, -0.1) is 0 Å².